The number of rotatable bonds is 8. The van der Waals surface area contributed by atoms with Gasteiger partial charge < -0.3 is 54.9 Å². The maximum Gasteiger partial charge on any atom is 0.325 e. The van der Waals surface area contributed by atoms with E-state index in [1.165, 1.54) is 6.20 Å². The first-order valence-corrected chi connectivity index (χ1v) is 14.9. The van der Waals surface area contributed by atoms with Crippen LogP contribution in [0.2, 0.25) is 0 Å². The minimum Gasteiger partial charge on any atom is -0.390 e. The molecule has 1 saturated carbocycles. The lowest BCUT2D eigenvalue weighted by Gasteiger charge is -2.58. The molecule has 0 aromatic carbocycles. The number of nitrogens with zero attached hydrogens (tertiary/aromatic N) is 1. The summed E-state index contributed by atoms with van der Waals surface area (Å²) < 4.78 is 34.6. The monoisotopic (exact) mass is 574 g/mol. The minimum atomic E-state index is -3.68. The van der Waals surface area contributed by atoms with Gasteiger partial charge in [-0.15, -0.1) is 0 Å². The van der Waals surface area contributed by atoms with E-state index < -0.39 is 80.3 Å². The van der Waals surface area contributed by atoms with Gasteiger partial charge in [0.25, 0.3) is 0 Å². The molecule has 39 heavy (non-hydrogen) atoms. The third kappa shape index (κ3) is 6.36. The van der Waals surface area contributed by atoms with E-state index >= 15 is 0 Å². The molecule has 12 atom stereocenters. The van der Waals surface area contributed by atoms with Crippen LogP contribution in [0.1, 0.15) is 37.6 Å². The van der Waals surface area contributed by atoms with Gasteiger partial charge in [0.05, 0.1) is 42.9 Å². The van der Waals surface area contributed by atoms with Gasteiger partial charge >= 0.3 is 7.60 Å². The highest BCUT2D eigenvalue weighted by Gasteiger charge is 2.63. The zero-order chi connectivity index (χ0) is 28.7. The van der Waals surface area contributed by atoms with Crippen molar-refractivity contribution in [1.29, 1.82) is 0 Å². The van der Waals surface area contributed by atoms with Gasteiger partial charge in [0.1, 0.15) is 18.3 Å². The molecular weight excluding hydrogens is 535 g/mol. The summed E-state index contributed by atoms with van der Waals surface area (Å²) >= 11 is 0. The molecule has 1 amide bonds. The zero-order valence-electron chi connectivity index (χ0n) is 22.6. The highest BCUT2D eigenvalue weighted by molar-refractivity contribution is 7.51. The molecule has 15 heteroatoms. The number of aliphatic hydroxyl groups is 3. The van der Waals surface area contributed by atoms with Crippen molar-refractivity contribution >= 4 is 13.5 Å². The van der Waals surface area contributed by atoms with E-state index in [2.05, 4.69) is 20.9 Å². The number of likely N-dealkylation sites (N-methyl/N-ethyl adjacent to an activating group) is 2. The second-order valence-corrected chi connectivity index (χ2v) is 12.3. The first-order valence-electron chi connectivity index (χ1n) is 12.9. The molecule has 2 saturated heterocycles. The number of ether oxygens (including phenoxy) is 3. The standard InChI is InChI=1S/C24H39N4O10P/c1-11-8-15(28-16(29)9-14-7-6-13(10-27-14)12(2)38-39(5,33)34)24(32)23(35-11)36-22-20(31)17(25-3)19(30)18(26-4)21(22)37-24/h6-7,10-12,15,17-23,25-26,30-32H,8-9H2,1-5H3,(H,28,29)(H,33,34)/t11-,12?,15-,17-,18+,19+,20+,21-,22-,23+,24+/m1/s1. The van der Waals surface area contributed by atoms with Gasteiger partial charge in [-0.25, -0.2) is 0 Å². The van der Waals surface area contributed by atoms with Crippen molar-refractivity contribution in [3.63, 3.8) is 0 Å². The van der Waals surface area contributed by atoms with Crippen molar-refractivity contribution in [2.24, 2.45) is 0 Å². The number of fused-ring (bicyclic) bond motifs is 2. The van der Waals surface area contributed by atoms with Crippen LogP contribution in [0.25, 0.3) is 0 Å². The molecule has 0 bridgehead atoms. The largest absolute Gasteiger partial charge is 0.390 e. The first-order chi connectivity index (χ1) is 18.3. The molecule has 1 aromatic heterocycles. The van der Waals surface area contributed by atoms with E-state index in [9.17, 15) is 29.6 Å². The van der Waals surface area contributed by atoms with Crippen molar-refractivity contribution in [3.05, 3.63) is 29.6 Å². The van der Waals surface area contributed by atoms with Gasteiger partial charge in [0.15, 0.2) is 0 Å². The smallest absolute Gasteiger partial charge is 0.325 e. The molecule has 0 spiro atoms. The Hall–Kier alpha value is -1.55. The summed E-state index contributed by atoms with van der Waals surface area (Å²) in [5.74, 6) is -2.53. The topological polar surface area (TPSA) is 201 Å². The Kier molecular flexibility index (Phi) is 9.16. The van der Waals surface area contributed by atoms with Crippen molar-refractivity contribution in [1.82, 2.24) is 20.9 Å². The molecule has 3 aliphatic rings. The second-order valence-electron chi connectivity index (χ2n) is 10.5. The Morgan fingerprint density at radius 1 is 1.21 bits per heavy atom. The average Bonchev–Trinajstić information content (AvgIpc) is 2.84. The van der Waals surface area contributed by atoms with Gasteiger partial charge in [0, 0.05) is 18.6 Å². The van der Waals surface area contributed by atoms with Crippen molar-refractivity contribution in [2.45, 2.75) is 93.5 Å². The van der Waals surface area contributed by atoms with Crippen LogP contribution in [0.4, 0.5) is 0 Å². The summed E-state index contributed by atoms with van der Waals surface area (Å²) in [6, 6.07) is 0.938. The SMILES string of the molecule is CN[C@@H]1[C@H](O)[C@H](NC)[C@H]2O[C@]3(O)[C@H](O[C@@H]2[C@H]1O)O[C@H](C)C[C@H]3NC(=O)Cc1ccc(C(C)OP(C)(=O)O)cn1. The lowest BCUT2D eigenvalue weighted by molar-refractivity contribution is -0.449. The number of hydrogen-bond acceptors (Lipinski definition) is 12. The predicted molar refractivity (Wildman–Crippen MR) is 136 cm³/mol. The van der Waals surface area contributed by atoms with E-state index in [-0.39, 0.29) is 12.8 Å². The number of carbonyl (C=O) groups excluding carboxylic acids is 1. The molecular formula is C24H39N4O10P. The minimum absolute atomic E-state index is 0.110. The number of amides is 1. The fourth-order valence-electron chi connectivity index (χ4n) is 5.56. The van der Waals surface area contributed by atoms with Crippen LogP contribution in [0.15, 0.2) is 18.3 Å². The van der Waals surface area contributed by atoms with E-state index in [1.807, 2.05) is 0 Å². The van der Waals surface area contributed by atoms with E-state index in [0.717, 1.165) is 6.66 Å². The fourth-order valence-corrected chi connectivity index (χ4v) is 6.27. The van der Waals surface area contributed by atoms with Crippen LogP contribution in [-0.2, 0) is 34.5 Å². The summed E-state index contributed by atoms with van der Waals surface area (Å²) in [5.41, 5.74) is 1.01. The molecule has 3 fully saturated rings. The molecule has 1 aliphatic carbocycles. The van der Waals surface area contributed by atoms with E-state index in [4.69, 9.17) is 18.7 Å². The Balaban J connectivity index is 1.47. The maximum absolute atomic E-state index is 13.0. The number of nitrogens with one attached hydrogen (secondary N) is 3. The van der Waals surface area contributed by atoms with Gasteiger partial charge in [0.2, 0.25) is 18.0 Å². The van der Waals surface area contributed by atoms with Gasteiger partial charge in [-0.05, 0) is 46.0 Å². The van der Waals surface area contributed by atoms with Crippen LogP contribution in [0.5, 0.6) is 0 Å². The fraction of sp³-hybridized carbons (Fsp3) is 0.750. The van der Waals surface area contributed by atoms with Gasteiger partial charge in [-0.1, -0.05) is 6.07 Å². The molecule has 3 heterocycles. The molecule has 0 radical (unpaired) electrons. The summed E-state index contributed by atoms with van der Waals surface area (Å²) in [6.07, 6.45) is -4.87. The molecule has 4 rings (SSSR count). The number of carbonyl (C=O) groups is 1. The number of pyridine rings is 1. The van der Waals surface area contributed by atoms with Crippen molar-refractivity contribution < 1.29 is 48.3 Å². The predicted octanol–water partition coefficient (Wildman–Crippen LogP) is -1.48. The van der Waals surface area contributed by atoms with Crippen LogP contribution < -0.4 is 16.0 Å². The Morgan fingerprint density at radius 2 is 1.90 bits per heavy atom. The first kappa shape index (κ1) is 30.4. The zero-order valence-corrected chi connectivity index (χ0v) is 23.4. The van der Waals surface area contributed by atoms with Gasteiger partial charge in [-0.2, -0.15) is 0 Å². The second kappa shape index (κ2) is 11.7. The number of hydrogen-bond donors (Lipinski definition) is 7. The Bertz CT molecular complexity index is 1060. The molecule has 1 aromatic rings. The summed E-state index contributed by atoms with van der Waals surface area (Å²) in [4.78, 5) is 26.7. The highest BCUT2D eigenvalue weighted by atomic mass is 31.2. The third-order valence-electron chi connectivity index (χ3n) is 7.50. The lowest BCUT2D eigenvalue weighted by Crippen LogP contribution is -2.79. The molecule has 2 aliphatic heterocycles. The molecule has 14 nitrogen and oxygen atoms in total. The van der Waals surface area contributed by atoms with Gasteiger partial charge in [-0.3, -0.25) is 14.3 Å². The Morgan fingerprint density at radius 3 is 2.49 bits per heavy atom. The maximum atomic E-state index is 13.0. The van der Waals surface area contributed by atoms with Crippen LogP contribution >= 0.6 is 7.60 Å². The lowest BCUT2D eigenvalue weighted by atomic mass is 9.79. The van der Waals surface area contributed by atoms with E-state index in [0.29, 0.717) is 11.3 Å². The number of aliphatic hydroxyl groups excluding tert-OH is 2. The van der Waals surface area contributed by atoms with Crippen molar-refractivity contribution in [3.8, 4) is 0 Å². The van der Waals surface area contributed by atoms with E-state index in [1.54, 1.807) is 40.1 Å². The number of aromatic nitrogens is 1. The molecule has 7 N–H and O–H groups in total. The normalized spacial score (nSPS) is 40.6. The van der Waals surface area contributed by atoms with Crippen LogP contribution in [0.3, 0.4) is 0 Å². The van der Waals surface area contributed by atoms with Crippen LogP contribution in [-0.4, -0.2) is 113 Å². The summed E-state index contributed by atoms with van der Waals surface area (Å²) in [6.45, 7) is 4.49. The average molecular weight is 575 g/mol. The molecule has 2 unspecified atom stereocenters. The van der Waals surface area contributed by atoms with Crippen molar-refractivity contribution in [2.75, 3.05) is 20.8 Å². The Labute approximate surface area is 226 Å². The summed E-state index contributed by atoms with van der Waals surface area (Å²) in [7, 11) is -0.432. The quantitative estimate of drug-likeness (QED) is 0.178. The summed E-state index contributed by atoms with van der Waals surface area (Å²) in [5, 5.41) is 42.0. The van der Waals surface area contributed by atoms with Crippen LogP contribution in [0, 0.1) is 0 Å². The highest BCUT2D eigenvalue weighted by Crippen LogP contribution is 2.43. The third-order valence-corrected chi connectivity index (χ3v) is 8.21. The molecule has 220 valence electrons.